The van der Waals surface area contributed by atoms with E-state index in [0.29, 0.717) is 0 Å². The van der Waals surface area contributed by atoms with Crippen LogP contribution in [0.1, 0.15) is 17.0 Å². The highest BCUT2D eigenvalue weighted by atomic mass is 14.9. The molecule has 0 bridgehead atoms. The van der Waals surface area contributed by atoms with E-state index in [4.69, 9.17) is 4.98 Å². The third-order valence-corrected chi connectivity index (χ3v) is 4.79. The second kappa shape index (κ2) is 5.00. The monoisotopic (exact) mass is 308 g/mol. The topological polar surface area (TPSA) is 25.8 Å². The van der Waals surface area contributed by atoms with Gasteiger partial charge in [0, 0.05) is 10.9 Å². The molecule has 24 heavy (non-hydrogen) atoms. The van der Waals surface area contributed by atoms with Gasteiger partial charge in [-0.05, 0) is 41.7 Å². The summed E-state index contributed by atoms with van der Waals surface area (Å²) >= 11 is 0. The average molecular weight is 308 g/mol. The van der Waals surface area contributed by atoms with Crippen LogP contribution in [0.4, 0.5) is 0 Å². The lowest BCUT2D eigenvalue weighted by molar-refractivity contribution is 1.10. The number of nitrogens with zero attached hydrogens (tertiary/aromatic N) is 2. The van der Waals surface area contributed by atoms with Gasteiger partial charge in [0.1, 0.15) is 5.82 Å². The smallest absolute Gasteiger partial charge is 0.126 e. The van der Waals surface area contributed by atoms with Crippen molar-refractivity contribution in [3.05, 3.63) is 83.7 Å². The van der Waals surface area contributed by atoms with Crippen LogP contribution in [0.15, 0.2) is 66.7 Å². The van der Waals surface area contributed by atoms with Gasteiger partial charge in [-0.25, -0.2) is 9.97 Å². The molecule has 0 amide bonds. The first-order valence-electron chi connectivity index (χ1n) is 8.25. The van der Waals surface area contributed by atoms with Gasteiger partial charge < -0.3 is 0 Å². The van der Waals surface area contributed by atoms with Gasteiger partial charge in [-0.15, -0.1) is 0 Å². The Morgan fingerprint density at radius 1 is 0.708 bits per heavy atom. The van der Waals surface area contributed by atoms with Crippen LogP contribution in [-0.2, 0) is 6.42 Å². The first-order valence-corrected chi connectivity index (χ1v) is 8.25. The first kappa shape index (κ1) is 13.4. The maximum Gasteiger partial charge on any atom is 0.126 e. The predicted octanol–water partition coefficient (Wildman–Crippen LogP) is 5.18. The number of aromatic nitrogens is 2. The van der Waals surface area contributed by atoms with Crippen molar-refractivity contribution < 1.29 is 0 Å². The number of rotatable bonds is 1. The van der Waals surface area contributed by atoms with Crippen LogP contribution in [0.25, 0.3) is 33.3 Å². The van der Waals surface area contributed by atoms with Crippen molar-refractivity contribution in [3.63, 3.8) is 0 Å². The van der Waals surface area contributed by atoms with Gasteiger partial charge in [0.15, 0.2) is 0 Å². The Labute approximate surface area is 140 Å². The van der Waals surface area contributed by atoms with Crippen molar-refractivity contribution in [1.82, 2.24) is 9.97 Å². The molecule has 1 aromatic heterocycles. The van der Waals surface area contributed by atoms with Crippen molar-refractivity contribution in [1.29, 1.82) is 0 Å². The van der Waals surface area contributed by atoms with Gasteiger partial charge in [-0.3, -0.25) is 0 Å². The Balaban J connectivity index is 1.87. The van der Waals surface area contributed by atoms with Crippen LogP contribution in [0.2, 0.25) is 0 Å². The number of fused-ring (bicyclic) bond motifs is 4. The molecule has 0 N–H and O–H groups in total. The summed E-state index contributed by atoms with van der Waals surface area (Å²) in [5.74, 6) is 0.813. The van der Waals surface area contributed by atoms with Crippen molar-refractivity contribution in [3.8, 4) is 22.4 Å². The second-order valence-corrected chi connectivity index (χ2v) is 6.31. The van der Waals surface area contributed by atoms with E-state index < -0.39 is 0 Å². The third-order valence-electron chi connectivity index (χ3n) is 4.79. The summed E-state index contributed by atoms with van der Waals surface area (Å²) in [4.78, 5) is 9.40. The van der Waals surface area contributed by atoms with Crippen molar-refractivity contribution in [2.75, 3.05) is 0 Å². The SMILES string of the molecule is Cc1nc(-c2cccc3c2-c2ccccc2C3)c2ccccc2n1. The van der Waals surface area contributed by atoms with E-state index in [1.54, 1.807) is 0 Å². The lowest BCUT2D eigenvalue weighted by Crippen LogP contribution is -1.95. The normalized spacial score (nSPS) is 12.2. The summed E-state index contributed by atoms with van der Waals surface area (Å²) in [5, 5.41) is 1.11. The van der Waals surface area contributed by atoms with Crippen LogP contribution >= 0.6 is 0 Å². The van der Waals surface area contributed by atoms with E-state index in [1.807, 2.05) is 13.0 Å². The molecule has 0 unspecified atom stereocenters. The molecule has 5 rings (SSSR count). The molecule has 0 aliphatic heterocycles. The van der Waals surface area contributed by atoms with Crippen LogP contribution in [0.3, 0.4) is 0 Å². The number of para-hydroxylation sites is 1. The summed E-state index contributed by atoms with van der Waals surface area (Å²) in [6.45, 7) is 1.97. The van der Waals surface area contributed by atoms with Crippen molar-refractivity contribution in [2.24, 2.45) is 0 Å². The molecule has 0 saturated carbocycles. The molecule has 114 valence electrons. The standard InChI is InChI=1S/C22H16N2/c1-14-23-20-12-5-4-10-18(20)22(24-14)19-11-6-8-16-13-15-7-2-3-9-17(15)21(16)19/h2-12H,13H2,1H3. The molecule has 0 spiro atoms. The molecule has 4 aromatic rings. The van der Waals surface area contributed by atoms with E-state index in [9.17, 15) is 0 Å². The largest absolute Gasteiger partial charge is 0.233 e. The second-order valence-electron chi connectivity index (χ2n) is 6.31. The minimum Gasteiger partial charge on any atom is -0.233 e. The van der Waals surface area contributed by atoms with Gasteiger partial charge in [-0.2, -0.15) is 0 Å². The van der Waals surface area contributed by atoms with Gasteiger partial charge in [-0.1, -0.05) is 60.7 Å². The highest BCUT2D eigenvalue weighted by Crippen LogP contribution is 2.43. The number of aryl methyl sites for hydroxylation is 1. The van der Waals surface area contributed by atoms with Crippen molar-refractivity contribution >= 4 is 10.9 Å². The fourth-order valence-corrected chi connectivity index (χ4v) is 3.78. The highest BCUT2D eigenvalue weighted by molar-refractivity contribution is 5.99. The molecule has 0 atom stereocenters. The molecule has 1 heterocycles. The summed E-state index contributed by atoms with van der Waals surface area (Å²) in [6, 6.07) is 23.5. The molecule has 0 radical (unpaired) electrons. The van der Waals surface area contributed by atoms with E-state index in [0.717, 1.165) is 28.8 Å². The lowest BCUT2D eigenvalue weighted by atomic mass is 9.95. The summed E-state index contributed by atoms with van der Waals surface area (Å²) < 4.78 is 0. The lowest BCUT2D eigenvalue weighted by Gasteiger charge is -2.12. The Kier molecular flexibility index (Phi) is 2.80. The maximum absolute atomic E-state index is 4.81. The van der Waals surface area contributed by atoms with Gasteiger partial charge in [0.25, 0.3) is 0 Å². The zero-order valence-electron chi connectivity index (χ0n) is 13.5. The van der Waals surface area contributed by atoms with Gasteiger partial charge in [0.2, 0.25) is 0 Å². The number of benzene rings is 3. The number of hydrogen-bond acceptors (Lipinski definition) is 2. The third kappa shape index (κ3) is 1.89. The van der Waals surface area contributed by atoms with E-state index in [-0.39, 0.29) is 0 Å². The molecular formula is C22H16N2. The highest BCUT2D eigenvalue weighted by Gasteiger charge is 2.23. The summed E-state index contributed by atoms with van der Waals surface area (Å²) in [5.41, 5.74) is 8.69. The Morgan fingerprint density at radius 2 is 1.46 bits per heavy atom. The Morgan fingerprint density at radius 3 is 2.42 bits per heavy atom. The molecule has 3 aromatic carbocycles. The molecule has 0 saturated heterocycles. The molecule has 1 aliphatic carbocycles. The fraction of sp³-hybridized carbons (Fsp3) is 0.0909. The zero-order chi connectivity index (χ0) is 16.1. The fourth-order valence-electron chi connectivity index (χ4n) is 3.78. The minimum atomic E-state index is 0.813. The van der Waals surface area contributed by atoms with Crippen LogP contribution in [-0.4, -0.2) is 9.97 Å². The minimum absolute atomic E-state index is 0.813. The summed E-state index contributed by atoms with van der Waals surface area (Å²) in [7, 11) is 0. The molecular weight excluding hydrogens is 292 g/mol. The molecule has 1 aliphatic rings. The molecule has 2 heteroatoms. The molecule has 2 nitrogen and oxygen atoms in total. The first-order chi connectivity index (χ1) is 11.8. The Bertz CT molecular complexity index is 1100. The average Bonchev–Trinajstić information content (AvgIpc) is 2.99. The summed E-state index contributed by atoms with van der Waals surface area (Å²) in [6.07, 6.45) is 1.00. The predicted molar refractivity (Wildman–Crippen MR) is 98.0 cm³/mol. The van der Waals surface area contributed by atoms with Crippen LogP contribution < -0.4 is 0 Å². The zero-order valence-corrected chi connectivity index (χ0v) is 13.5. The van der Waals surface area contributed by atoms with E-state index in [2.05, 4.69) is 65.6 Å². The quantitative estimate of drug-likeness (QED) is 0.426. The Hall–Kier alpha value is -3.00. The van der Waals surface area contributed by atoms with Gasteiger partial charge in [0.05, 0.1) is 11.2 Å². The van der Waals surface area contributed by atoms with Gasteiger partial charge >= 0.3 is 0 Å². The van der Waals surface area contributed by atoms with Crippen molar-refractivity contribution in [2.45, 2.75) is 13.3 Å². The van der Waals surface area contributed by atoms with E-state index >= 15 is 0 Å². The molecule has 0 fully saturated rings. The maximum atomic E-state index is 4.81. The van der Waals surface area contributed by atoms with E-state index in [1.165, 1.54) is 27.8 Å². The van der Waals surface area contributed by atoms with Crippen LogP contribution in [0, 0.1) is 6.92 Å². The number of hydrogen-bond donors (Lipinski definition) is 0. The van der Waals surface area contributed by atoms with Crippen LogP contribution in [0.5, 0.6) is 0 Å².